The standard InChI is InChI=1S/C13H16N4O2/c1-9(18)15-7-6-13-16-10-4-2-3-5-11(10)17(13)8-12(14)19/h2-5H,6-8H2,1H3,(H2,14,19)(H,15,18). The molecular weight excluding hydrogens is 244 g/mol. The summed E-state index contributed by atoms with van der Waals surface area (Å²) < 4.78 is 1.79. The molecule has 0 saturated carbocycles. The number of carbonyl (C=O) groups is 2. The van der Waals surface area contributed by atoms with Crippen LogP contribution in [0.4, 0.5) is 0 Å². The lowest BCUT2D eigenvalue weighted by atomic mass is 10.3. The van der Waals surface area contributed by atoms with Crippen LogP contribution in [0, 0.1) is 0 Å². The van der Waals surface area contributed by atoms with E-state index in [2.05, 4.69) is 10.3 Å². The fourth-order valence-electron chi connectivity index (χ4n) is 2.00. The maximum Gasteiger partial charge on any atom is 0.237 e. The third-order valence-corrected chi connectivity index (χ3v) is 2.77. The molecule has 3 N–H and O–H groups in total. The molecule has 19 heavy (non-hydrogen) atoms. The Balaban J connectivity index is 2.29. The van der Waals surface area contributed by atoms with Crippen LogP contribution in [0.5, 0.6) is 0 Å². The Morgan fingerprint density at radius 3 is 2.79 bits per heavy atom. The smallest absolute Gasteiger partial charge is 0.237 e. The molecule has 1 aromatic carbocycles. The van der Waals surface area contributed by atoms with E-state index in [0.29, 0.717) is 13.0 Å². The van der Waals surface area contributed by atoms with Gasteiger partial charge in [0.2, 0.25) is 11.8 Å². The Bertz CT molecular complexity index is 618. The number of hydrogen-bond donors (Lipinski definition) is 2. The Morgan fingerprint density at radius 1 is 1.37 bits per heavy atom. The molecule has 1 aromatic heterocycles. The Morgan fingerprint density at radius 2 is 2.11 bits per heavy atom. The van der Waals surface area contributed by atoms with Crippen molar-refractivity contribution in [2.24, 2.45) is 5.73 Å². The molecule has 6 nitrogen and oxygen atoms in total. The third kappa shape index (κ3) is 3.09. The highest BCUT2D eigenvalue weighted by molar-refractivity contribution is 5.80. The number of nitrogens with two attached hydrogens (primary N) is 1. The highest BCUT2D eigenvalue weighted by Gasteiger charge is 2.11. The molecule has 0 aliphatic rings. The number of hydrogen-bond acceptors (Lipinski definition) is 3. The van der Waals surface area contributed by atoms with Crippen LogP contribution < -0.4 is 11.1 Å². The highest BCUT2D eigenvalue weighted by atomic mass is 16.1. The van der Waals surface area contributed by atoms with Gasteiger partial charge in [-0.25, -0.2) is 4.98 Å². The van der Waals surface area contributed by atoms with E-state index < -0.39 is 5.91 Å². The number of carbonyl (C=O) groups excluding carboxylic acids is 2. The summed E-state index contributed by atoms with van der Waals surface area (Å²) in [6.07, 6.45) is 0.557. The quantitative estimate of drug-likeness (QED) is 0.804. The van der Waals surface area contributed by atoms with Gasteiger partial charge in [-0.3, -0.25) is 9.59 Å². The summed E-state index contributed by atoms with van der Waals surface area (Å²) in [4.78, 5) is 26.5. The lowest BCUT2D eigenvalue weighted by Crippen LogP contribution is -2.25. The second-order valence-corrected chi connectivity index (χ2v) is 4.30. The van der Waals surface area contributed by atoms with Gasteiger partial charge in [0.25, 0.3) is 0 Å². The van der Waals surface area contributed by atoms with Gasteiger partial charge in [0.05, 0.1) is 11.0 Å². The minimum atomic E-state index is -0.413. The summed E-state index contributed by atoms with van der Waals surface area (Å²) in [5.74, 6) is 0.246. The van der Waals surface area contributed by atoms with E-state index in [1.807, 2.05) is 24.3 Å². The zero-order chi connectivity index (χ0) is 13.8. The summed E-state index contributed by atoms with van der Waals surface area (Å²) in [6.45, 7) is 2.04. The zero-order valence-electron chi connectivity index (χ0n) is 10.7. The average Bonchev–Trinajstić information content (AvgIpc) is 2.67. The number of imidazole rings is 1. The van der Waals surface area contributed by atoms with Gasteiger partial charge >= 0.3 is 0 Å². The molecule has 0 aliphatic carbocycles. The van der Waals surface area contributed by atoms with Crippen molar-refractivity contribution < 1.29 is 9.59 Å². The van der Waals surface area contributed by atoms with E-state index in [9.17, 15) is 9.59 Å². The number of nitrogens with zero attached hydrogens (tertiary/aromatic N) is 2. The van der Waals surface area contributed by atoms with E-state index in [1.165, 1.54) is 6.92 Å². The first kappa shape index (κ1) is 13.1. The molecule has 1 heterocycles. The summed E-state index contributed by atoms with van der Waals surface area (Å²) in [5.41, 5.74) is 6.96. The number of amides is 2. The molecule has 2 amide bonds. The largest absolute Gasteiger partial charge is 0.368 e. The molecule has 0 fully saturated rings. The van der Waals surface area contributed by atoms with Crippen LogP contribution in [0.2, 0.25) is 0 Å². The van der Waals surface area contributed by atoms with Crippen molar-refractivity contribution >= 4 is 22.8 Å². The zero-order valence-corrected chi connectivity index (χ0v) is 10.7. The predicted octanol–water partition coefficient (Wildman–Crippen LogP) is 0.200. The minimum Gasteiger partial charge on any atom is -0.368 e. The van der Waals surface area contributed by atoms with Gasteiger partial charge in [-0.15, -0.1) is 0 Å². The van der Waals surface area contributed by atoms with Crippen LogP contribution >= 0.6 is 0 Å². The number of nitrogens with one attached hydrogen (secondary N) is 1. The summed E-state index contributed by atoms with van der Waals surface area (Å²) in [6, 6.07) is 7.56. The first-order valence-electron chi connectivity index (χ1n) is 6.05. The molecule has 0 radical (unpaired) electrons. The van der Waals surface area contributed by atoms with E-state index in [0.717, 1.165) is 16.9 Å². The number of aromatic nitrogens is 2. The van der Waals surface area contributed by atoms with Crippen LogP contribution in [0.15, 0.2) is 24.3 Å². The normalized spacial score (nSPS) is 10.6. The van der Waals surface area contributed by atoms with Gasteiger partial charge in [-0.2, -0.15) is 0 Å². The number of fused-ring (bicyclic) bond motifs is 1. The maximum absolute atomic E-state index is 11.1. The van der Waals surface area contributed by atoms with E-state index in [1.54, 1.807) is 4.57 Å². The molecule has 100 valence electrons. The molecular formula is C13H16N4O2. The van der Waals surface area contributed by atoms with Crippen LogP contribution in [0.3, 0.4) is 0 Å². The molecule has 2 rings (SSSR count). The van der Waals surface area contributed by atoms with Gasteiger partial charge in [0.15, 0.2) is 0 Å². The highest BCUT2D eigenvalue weighted by Crippen LogP contribution is 2.16. The molecule has 0 unspecified atom stereocenters. The molecule has 0 bridgehead atoms. The Labute approximate surface area is 110 Å². The van der Waals surface area contributed by atoms with Crippen LogP contribution in [-0.2, 0) is 22.6 Å². The van der Waals surface area contributed by atoms with Crippen molar-refractivity contribution in [1.29, 1.82) is 0 Å². The predicted molar refractivity (Wildman–Crippen MR) is 71.3 cm³/mol. The first-order chi connectivity index (χ1) is 9.08. The van der Waals surface area contributed by atoms with Crippen molar-refractivity contribution in [3.63, 3.8) is 0 Å². The van der Waals surface area contributed by atoms with Crippen LogP contribution in [-0.4, -0.2) is 27.9 Å². The number of primary amides is 1. The molecule has 0 atom stereocenters. The number of benzene rings is 1. The fourth-order valence-corrected chi connectivity index (χ4v) is 2.00. The Hall–Kier alpha value is -2.37. The summed E-state index contributed by atoms with van der Waals surface area (Å²) in [5, 5.41) is 2.71. The molecule has 0 saturated heterocycles. The van der Waals surface area contributed by atoms with E-state index in [-0.39, 0.29) is 12.5 Å². The van der Waals surface area contributed by atoms with E-state index in [4.69, 9.17) is 5.73 Å². The van der Waals surface area contributed by atoms with E-state index >= 15 is 0 Å². The van der Waals surface area contributed by atoms with Crippen molar-refractivity contribution in [3.05, 3.63) is 30.1 Å². The van der Waals surface area contributed by atoms with Crippen molar-refractivity contribution in [2.45, 2.75) is 19.9 Å². The molecule has 2 aromatic rings. The molecule has 0 aliphatic heterocycles. The van der Waals surface area contributed by atoms with Crippen molar-refractivity contribution in [2.75, 3.05) is 6.54 Å². The Kier molecular flexibility index (Phi) is 3.79. The maximum atomic E-state index is 11.1. The molecule has 0 spiro atoms. The van der Waals surface area contributed by atoms with Gasteiger partial charge in [-0.1, -0.05) is 12.1 Å². The van der Waals surface area contributed by atoms with Gasteiger partial charge in [-0.05, 0) is 12.1 Å². The lowest BCUT2D eigenvalue weighted by Gasteiger charge is -2.07. The second-order valence-electron chi connectivity index (χ2n) is 4.30. The fraction of sp³-hybridized carbons (Fsp3) is 0.308. The summed E-state index contributed by atoms with van der Waals surface area (Å²) in [7, 11) is 0. The lowest BCUT2D eigenvalue weighted by molar-refractivity contribution is -0.119. The van der Waals surface area contributed by atoms with Gasteiger partial charge in [0.1, 0.15) is 12.4 Å². The second kappa shape index (κ2) is 5.51. The van der Waals surface area contributed by atoms with Crippen molar-refractivity contribution in [3.8, 4) is 0 Å². The SMILES string of the molecule is CC(=O)NCCc1nc2ccccc2n1CC(N)=O. The number of para-hydroxylation sites is 2. The average molecular weight is 260 g/mol. The van der Waals surface area contributed by atoms with Crippen molar-refractivity contribution in [1.82, 2.24) is 14.9 Å². The third-order valence-electron chi connectivity index (χ3n) is 2.77. The number of rotatable bonds is 5. The van der Waals surface area contributed by atoms with Gasteiger partial charge < -0.3 is 15.6 Å². The summed E-state index contributed by atoms with van der Waals surface area (Å²) >= 11 is 0. The molecule has 6 heteroatoms. The van der Waals surface area contributed by atoms with Crippen LogP contribution in [0.25, 0.3) is 11.0 Å². The van der Waals surface area contributed by atoms with Crippen LogP contribution in [0.1, 0.15) is 12.7 Å². The van der Waals surface area contributed by atoms with Gasteiger partial charge in [0, 0.05) is 19.9 Å². The topological polar surface area (TPSA) is 90.0 Å². The first-order valence-corrected chi connectivity index (χ1v) is 6.05. The monoisotopic (exact) mass is 260 g/mol. The minimum absolute atomic E-state index is 0.0856.